The predicted molar refractivity (Wildman–Crippen MR) is 114 cm³/mol. The van der Waals surface area contributed by atoms with Crippen molar-refractivity contribution in [2.75, 3.05) is 0 Å². The molecule has 0 amide bonds. The molecule has 0 aliphatic rings. The molecule has 2 nitrogen and oxygen atoms in total. The molecule has 0 bridgehead atoms. The number of hydrogen-bond acceptors (Lipinski definition) is 2. The zero-order valence-corrected chi connectivity index (χ0v) is 18.8. The molecule has 0 spiro atoms. The molecule has 0 saturated carbocycles. The molecule has 0 heterocycles. The first-order valence-corrected chi connectivity index (χ1v) is 11.5. The Labute approximate surface area is 164 Å². The Kier molecular flexibility index (Phi) is 16.3. The summed E-state index contributed by atoms with van der Waals surface area (Å²) >= 11 is 0. The Balaban J connectivity index is 3.91. The zero-order chi connectivity index (χ0) is 19.8. The minimum Gasteiger partial charge on any atom is -0.462 e. The topological polar surface area (TPSA) is 26.3 Å². The summed E-state index contributed by atoms with van der Waals surface area (Å²) in [5.41, 5.74) is 0. The lowest BCUT2D eigenvalue weighted by molar-refractivity contribution is -0.150. The van der Waals surface area contributed by atoms with E-state index in [0.717, 1.165) is 19.3 Å². The van der Waals surface area contributed by atoms with Crippen LogP contribution in [0.1, 0.15) is 125 Å². The number of unbranched alkanes of at least 4 members (excludes halogenated alkanes) is 8. The van der Waals surface area contributed by atoms with Gasteiger partial charge >= 0.3 is 5.97 Å². The molecule has 2 heteroatoms. The Morgan fingerprint density at radius 1 is 0.692 bits per heavy atom. The van der Waals surface area contributed by atoms with E-state index >= 15 is 0 Å². The highest BCUT2D eigenvalue weighted by Crippen LogP contribution is 2.22. The summed E-state index contributed by atoms with van der Waals surface area (Å²) in [6.45, 7) is 13.5. The number of hydrogen-bond donors (Lipinski definition) is 0. The van der Waals surface area contributed by atoms with Crippen molar-refractivity contribution in [3.8, 4) is 0 Å². The van der Waals surface area contributed by atoms with Crippen molar-refractivity contribution in [1.29, 1.82) is 0 Å². The first-order valence-electron chi connectivity index (χ1n) is 11.5. The summed E-state index contributed by atoms with van der Waals surface area (Å²) in [5.74, 6) is 1.93. The molecule has 0 aromatic carbocycles. The molecule has 0 rings (SSSR count). The standard InChI is InChI=1S/C24H48O2/c1-7-8-9-10-11-12-13-14-15-16-24(25)26-23(18-21(4)5)19-22(6)17-20(2)3/h20-23H,7-19H2,1-6H3. The van der Waals surface area contributed by atoms with Gasteiger partial charge in [-0.05, 0) is 43.4 Å². The molecule has 26 heavy (non-hydrogen) atoms. The van der Waals surface area contributed by atoms with Crippen LogP contribution in [0.2, 0.25) is 0 Å². The van der Waals surface area contributed by atoms with Crippen molar-refractivity contribution in [3.05, 3.63) is 0 Å². The van der Waals surface area contributed by atoms with Gasteiger partial charge in [-0.1, -0.05) is 92.9 Å². The molecular formula is C24H48O2. The van der Waals surface area contributed by atoms with Crippen molar-refractivity contribution < 1.29 is 9.53 Å². The number of esters is 1. The van der Waals surface area contributed by atoms with Crippen molar-refractivity contribution in [3.63, 3.8) is 0 Å². The Hall–Kier alpha value is -0.530. The maximum atomic E-state index is 12.2. The second-order valence-corrected chi connectivity index (χ2v) is 9.29. The zero-order valence-electron chi connectivity index (χ0n) is 18.8. The lowest BCUT2D eigenvalue weighted by Crippen LogP contribution is -2.23. The molecule has 0 aromatic heterocycles. The fraction of sp³-hybridized carbons (Fsp3) is 0.958. The van der Waals surface area contributed by atoms with E-state index in [1.165, 1.54) is 57.8 Å². The molecule has 156 valence electrons. The Bertz CT molecular complexity index is 322. The smallest absolute Gasteiger partial charge is 0.306 e. The summed E-state index contributed by atoms with van der Waals surface area (Å²) in [5, 5.41) is 0. The molecule has 0 radical (unpaired) electrons. The highest BCUT2D eigenvalue weighted by atomic mass is 16.5. The third-order valence-corrected chi connectivity index (χ3v) is 5.06. The third-order valence-electron chi connectivity index (χ3n) is 5.06. The van der Waals surface area contributed by atoms with E-state index in [-0.39, 0.29) is 12.1 Å². The van der Waals surface area contributed by atoms with Gasteiger partial charge in [-0.25, -0.2) is 0 Å². The molecule has 2 unspecified atom stereocenters. The van der Waals surface area contributed by atoms with Crippen molar-refractivity contribution in [2.24, 2.45) is 17.8 Å². The van der Waals surface area contributed by atoms with E-state index in [0.29, 0.717) is 24.2 Å². The number of carbonyl (C=O) groups is 1. The van der Waals surface area contributed by atoms with Crippen LogP contribution in [-0.2, 0) is 9.53 Å². The largest absolute Gasteiger partial charge is 0.462 e. The van der Waals surface area contributed by atoms with Gasteiger partial charge in [0.1, 0.15) is 6.10 Å². The van der Waals surface area contributed by atoms with E-state index in [2.05, 4.69) is 41.5 Å². The average molecular weight is 369 g/mol. The van der Waals surface area contributed by atoms with Gasteiger partial charge in [0.15, 0.2) is 0 Å². The fourth-order valence-electron chi connectivity index (χ4n) is 3.89. The summed E-state index contributed by atoms with van der Waals surface area (Å²) in [6, 6.07) is 0. The Morgan fingerprint density at radius 2 is 1.19 bits per heavy atom. The van der Waals surface area contributed by atoms with E-state index in [9.17, 15) is 4.79 Å². The second-order valence-electron chi connectivity index (χ2n) is 9.29. The molecular weight excluding hydrogens is 320 g/mol. The van der Waals surface area contributed by atoms with Crippen LogP contribution in [-0.4, -0.2) is 12.1 Å². The normalized spacial score (nSPS) is 14.0. The van der Waals surface area contributed by atoms with Gasteiger partial charge in [0.25, 0.3) is 0 Å². The van der Waals surface area contributed by atoms with Crippen LogP contribution in [0, 0.1) is 17.8 Å². The van der Waals surface area contributed by atoms with Crippen LogP contribution in [0.3, 0.4) is 0 Å². The lowest BCUT2D eigenvalue weighted by atomic mass is 9.91. The van der Waals surface area contributed by atoms with Crippen LogP contribution in [0.4, 0.5) is 0 Å². The summed E-state index contributed by atoms with van der Waals surface area (Å²) in [6.07, 6.45) is 15.5. The number of carbonyl (C=O) groups excluding carboxylic acids is 1. The van der Waals surface area contributed by atoms with Crippen molar-refractivity contribution >= 4 is 5.97 Å². The van der Waals surface area contributed by atoms with Crippen LogP contribution >= 0.6 is 0 Å². The predicted octanol–water partition coefficient (Wildman–Crippen LogP) is 7.94. The molecule has 0 N–H and O–H groups in total. The highest BCUT2D eigenvalue weighted by molar-refractivity contribution is 5.69. The first-order chi connectivity index (χ1) is 12.3. The van der Waals surface area contributed by atoms with Gasteiger partial charge in [-0.3, -0.25) is 4.79 Å². The molecule has 0 aliphatic heterocycles. The number of ether oxygens (including phenoxy) is 1. The van der Waals surface area contributed by atoms with Crippen molar-refractivity contribution in [1.82, 2.24) is 0 Å². The maximum absolute atomic E-state index is 12.2. The Morgan fingerprint density at radius 3 is 1.69 bits per heavy atom. The molecule has 0 fully saturated rings. The van der Waals surface area contributed by atoms with E-state index in [1.807, 2.05) is 0 Å². The van der Waals surface area contributed by atoms with Gasteiger partial charge in [0.2, 0.25) is 0 Å². The quantitative estimate of drug-likeness (QED) is 0.192. The van der Waals surface area contributed by atoms with Crippen molar-refractivity contribution in [2.45, 2.75) is 131 Å². The van der Waals surface area contributed by atoms with Crippen LogP contribution in [0.15, 0.2) is 0 Å². The van der Waals surface area contributed by atoms with Gasteiger partial charge in [0.05, 0.1) is 0 Å². The number of rotatable bonds is 17. The molecule has 0 aromatic rings. The van der Waals surface area contributed by atoms with E-state index < -0.39 is 0 Å². The minimum absolute atomic E-state index is 0.0235. The van der Waals surface area contributed by atoms with Gasteiger partial charge in [-0.2, -0.15) is 0 Å². The van der Waals surface area contributed by atoms with Gasteiger partial charge < -0.3 is 4.74 Å². The minimum atomic E-state index is 0.0235. The van der Waals surface area contributed by atoms with Gasteiger partial charge in [0, 0.05) is 6.42 Å². The SMILES string of the molecule is CCCCCCCCCCCC(=O)OC(CC(C)C)CC(C)CC(C)C. The van der Waals surface area contributed by atoms with E-state index in [4.69, 9.17) is 4.74 Å². The summed E-state index contributed by atoms with van der Waals surface area (Å²) < 4.78 is 5.85. The monoisotopic (exact) mass is 368 g/mol. The fourth-order valence-corrected chi connectivity index (χ4v) is 3.89. The molecule has 2 atom stereocenters. The van der Waals surface area contributed by atoms with Crippen LogP contribution in [0.5, 0.6) is 0 Å². The van der Waals surface area contributed by atoms with Crippen LogP contribution in [0.25, 0.3) is 0 Å². The lowest BCUT2D eigenvalue weighted by Gasteiger charge is -2.24. The first kappa shape index (κ1) is 25.5. The summed E-state index contributed by atoms with van der Waals surface area (Å²) in [4.78, 5) is 12.2. The van der Waals surface area contributed by atoms with E-state index in [1.54, 1.807) is 0 Å². The van der Waals surface area contributed by atoms with Crippen LogP contribution < -0.4 is 0 Å². The second kappa shape index (κ2) is 16.6. The van der Waals surface area contributed by atoms with Gasteiger partial charge in [-0.15, -0.1) is 0 Å². The highest BCUT2D eigenvalue weighted by Gasteiger charge is 2.19. The molecule has 0 saturated heterocycles. The molecule has 0 aliphatic carbocycles. The third kappa shape index (κ3) is 16.9. The maximum Gasteiger partial charge on any atom is 0.306 e. The summed E-state index contributed by atoms with van der Waals surface area (Å²) in [7, 11) is 0. The average Bonchev–Trinajstić information content (AvgIpc) is 2.51.